The Hall–Kier alpha value is -2.14. The predicted molar refractivity (Wildman–Crippen MR) is 92.9 cm³/mol. The van der Waals surface area contributed by atoms with E-state index in [0.717, 1.165) is 29.8 Å². The third kappa shape index (κ3) is 2.84. The molecule has 0 bridgehead atoms. The van der Waals surface area contributed by atoms with Crippen LogP contribution in [0.2, 0.25) is 0 Å². The molecule has 1 N–H and O–H groups in total. The number of hydrogen-bond acceptors (Lipinski definition) is 3. The van der Waals surface area contributed by atoms with Crippen LogP contribution in [0, 0.1) is 13.8 Å². The number of likely N-dealkylation sites (tertiary alicyclic amines) is 1. The summed E-state index contributed by atoms with van der Waals surface area (Å²) in [5.74, 6) is -0.0423. The lowest BCUT2D eigenvalue weighted by Crippen LogP contribution is -2.35. The average Bonchev–Trinajstić information content (AvgIpc) is 3.13. The van der Waals surface area contributed by atoms with E-state index in [4.69, 9.17) is 0 Å². The molecule has 0 saturated carbocycles. The number of nitrogens with zero attached hydrogens (tertiary/aromatic N) is 3. The lowest BCUT2D eigenvalue weighted by atomic mass is 9.89. The van der Waals surface area contributed by atoms with Gasteiger partial charge in [-0.15, -0.1) is 0 Å². The average molecular weight is 327 g/mol. The highest BCUT2D eigenvalue weighted by atomic mass is 16.3. The number of carbonyl (C=O) groups is 1. The number of hydrogen-bond donors (Lipinski definition) is 1. The zero-order valence-corrected chi connectivity index (χ0v) is 14.6. The maximum Gasteiger partial charge on any atom is 0.257 e. The molecule has 5 heteroatoms. The fourth-order valence-electron chi connectivity index (χ4n) is 3.55. The largest absolute Gasteiger partial charge is 0.383 e. The molecule has 1 aromatic carbocycles. The minimum Gasteiger partial charge on any atom is -0.383 e. The number of aromatic nitrogens is 2. The van der Waals surface area contributed by atoms with Crippen molar-refractivity contribution in [2.24, 2.45) is 0 Å². The number of aryl methyl sites for hydroxylation is 2. The van der Waals surface area contributed by atoms with Gasteiger partial charge in [-0.2, -0.15) is 5.10 Å². The van der Waals surface area contributed by atoms with Gasteiger partial charge < -0.3 is 10.0 Å². The monoisotopic (exact) mass is 327 g/mol. The molecule has 2 heterocycles. The summed E-state index contributed by atoms with van der Waals surface area (Å²) >= 11 is 0. The molecule has 2 aromatic rings. The van der Waals surface area contributed by atoms with Crippen molar-refractivity contribution in [3.8, 4) is 0 Å². The van der Waals surface area contributed by atoms with E-state index in [1.54, 1.807) is 11.1 Å². The fraction of sp³-hybridized carbons (Fsp3) is 0.474. The lowest BCUT2D eigenvalue weighted by molar-refractivity contribution is 0.0412. The van der Waals surface area contributed by atoms with Crippen molar-refractivity contribution in [2.45, 2.75) is 45.8 Å². The molecule has 24 heavy (non-hydrogen) atoms. The minimum atomic E-state index is -0.964. The Balaban J connectivity index is 1.80. The highest BCUT2D eigenvalue weighted by molar-refractivity contribution is 5.95. The zero-order valence-electron chi connectivity index (χ0n) is 14.6. The molecule has 0 radical (unpaired) electrons. The normalized spacial score (nSPS) is 20.6. The third-order valence-electron chi connectivity index (χ3n) is 4.95. The summed E-state index contributed by atoms with van der Waals surface area (Å²) in [6, 6.07) is 7.85. The van der Waals surface area contributed by atoms with Crippen LogP contribution in [-0.2, 0) is 12.1 Å². The maximum atomic E-state index is 12.9. The summed E-state index contributed by atoms with van der Waals surface area (Å²) in [5, 5.41) is 15.4. The molecule has 1 saturated heterocycles. The topological polar surface area (TPSA) is 58.4 Å². The van der Waals surface area contributed by atoms with Gasteiger partial charge in [0, 0.05) is 18.8 Å². The van der Waals surface area contributed by atoms with Gasteiger partial charge in [0.05, 0.1) is 18.3 Å². The minimum absolute atomic E-state index is 0.0423. The first-order valence-corrected chi connectivity index (χ1v) is 8.56. The molecular formula is C19H25N3O2. The molecule has 1 aromatic heterocycles. The van der Waals surface area contributed by atoms with Crippen molar-refractivity contribution in [1.29, 1.82) is 0 Å². The van der Waals surface area contributed by atoms with Crippen molar-refractivity contribution in [2.75, 3.05) is 13.1 Å². The summed E-state index contributed by atoms with van der Waals surface area (Å²) in [5.41, 5.74) is 2.54. The Kier molecular flexibility index (Phi) is 4.45. The van der Waals surface area contributed by atoms with E-state index in [2.05, 4.69) is 12.0 Å². The highest BCUT2D eigenvalue weighted by Crippen LogP contribution is 2.34. The van der Waals surface area contributed by atoms with Crippen LogP contribution in [0.4, 0.5) is 0 Å². The molecule has 1 aliphatic heterocycles. The molecule has 0 spiro atoms. The van der Waals surface area contributed by atoms with Crippen LogP contribution in [0.3, 0.4) is 0 Å². The van der Waals surface area contributed by atoms with Crippen LogP contribution >= 0.6 is 0 Å². The molecular weight excluding hydrogens is 302 g/mol. The highest BCUT2D eigenvalue weighted by Gasteiger charge is 2.41. The van der Waals surface area contributed by atoms with E-state index in [0.29, 0.717) is 25.1 Å². The van der Waals surface area contributed by atoms with Gasteiger partial charge in [-0.1, -0.05) is 31.2 Å². The molecule has 1 unspecified atom stereocenters. The van der Waals surface area contributed by atoms with Crippen LogP contribution in [0.5, 0.6) is 0 Å². The quantitative estimate of drug-likeness (QED) is 0.939. The second-order valence-electron chi connectivity index (χ2n) is 6.69. The first-order valence-electron chi connectivity index (χ1n) is 8.56. The van der Waals surface area contributed by atoms with Gasteiger partial charge in [-0.05, 0) is 37.8 Å². The zero-order chi connectivity index (χ0) is 17.3. The first-order chi connectivity index (χ1) is 11.5. The van der Waals surface area contributed by atoms with Gasteiger partial charge in [0.1, 0.15) is 5.60 Å². The molecule has 128 valence electrons. The van der Waals surface area contributed by atoms with E-state index in [1.165, 1.54) is 0 Å². The summed E-state index contributed by atoms with van der Waals surface area (Å²) in [6.45, 7) is 7.71. The number of amides is 1. The van der Waals surface area contributed by atoms with Gasteiger partial charge in [0.2, 0.25) is 0 Å². The van der Waals surface area contributed by atoms with E-state index in [9.17, 15) is 9.90 Å². The van der Waals surface area contributed by atoms with Crippen molar-refractivity contribution in [1.82, 2.24) is 14.7 Å². The van der Waals surface area contributed by atoms with Gasteiger partial charge in [-0.25, -0.2) is 0 Å². The molecule has 0 aliphatic carbocycles. The molecule has 3 rings (SSSR count). The lowest BCUT2D eigenvalue weighted by Gasteiger charge is -2.25. The van der Waals surface area contributed by atoms with Crippen molar-refractivity contribution < 1.29 is 9.90 Å². The van der Waals surface area contributed by atoms with Crippen molar-refractivity contribution in [3.05, 3.63) is 52.8 Å². The Morgan fingerprint density at radius 2 is 2.08 bits per heavy atom. The number of aliphatic hydroxyl groups is 1. The summed E-state index contributed by atoms with van der Waals surface area (Å²) in [6.07, 6.45) is 3.19. The summed E-state index contributed by atoms with van der Waals surface area (Å²) in [4.78, 5) is 14.6. The predicted octanol–water partition coefficient (Wildman–Crippen LogP) is 2.64. The van der Waals surface area contributed by atoms with Crippen LogP contribution in [0.25, 0.3) is 0 Å². The maximum absolute atomic E-state index is 12.9. The van der Waals surface area contributed by atoms with Gasteiger partial charge >= 0.3 is 0 Å². The summed E-state index contributed by atoms with van der Waals surface area (Å²) in [7, 11) is 0. The van der Waals surface area contributed by atoms with E-state index in [1.807, 2.05) is 42.8 Å². The Morgan fingerprint density at radius 3 is 2.79 bits per heavy atom. The number of β-amino-alcohol motifs (C(OH)–C–C–N with tert-alkyl or cyclic N) is 1. The van der Waals surface area contributed by atoms with E-state index >= 15 is 0 Å². The van der Waals surface area contributed by atoms with E-state index in [-0.39, 0.29) is 5.91 Å². The first kappa shape index (κ1) is 16.7. The Bertz CT molecular complexity index is 753. The molecule has 1 atom stereocenters. The van der Waals surface area contributed by atoms with Crippen molar-refractivity contribution >= 4 is 5.91 Å². The molecule has 1 aliphatic rings. The Labute approximate surface area is 142 Å². The van der Waals surface area contributed by atoms with Gasteiger partial charge in [-0.3, -0.25) is 9.48 Å². The smallest absolute Gasteiger partial charge is 0.257 e. The van der Waals surface area contributed by atoms with Crippen LogP contribution in [0.15, 0.2) is 30.5 Å². The number of benzene rings is 1. The van der Waals surface area contributed by atoms with E-state index < -0.39 is 5.60 Å². The Morgan fingerprint density at radius 1 is 1.33 bits per heavy atom. The van der Waals surface area contributed by atoms with Crippen LogP contribution < -0.4 is 0 Å². The second kappa shape index (κ2) is 6.40. The summed E-state index contributed by atoms with van der Waals surface area (Å²) < 4.78 is 1.87. The van der Waals surface area contributed by atoms with Crippen LogP contribution in [-0.4, -0.2) is 38.8 Å². The fourth-order valence-corrected chi connectivity index (χ4v) is 3.55. The molecule has 5 nitrogen and oxygen atoms in total. The number of carbonyl (C=O) groups excluding carboxylic acids is 1. The molecule has 1 amide bonds. The third-order valence-corrected chi connectivity index (χ3v) is 4.95. The van der Waals surface area contributed by atoms with Crippen molar-refractivity contribution in [3.63, 3.8) is 0 Å². The van der Waals surface area contributed by atoms with Gasteiger partial charge in [0.25, 0.3) is 5.91 Å². The standard InChI is InChI=1S/C19H25N3O2/c1-4-10-22-15(3)16(12-20-22)18(23)21-11-9-19(24,13-21)17-8-6-5-7-14(17)2/h5-8,12,24H,4,9-11,13H2,1-3H3. The van der Waals surface area contributed by atoms with Gasteiger partial charge in [0.15, 0.2) is 0 Å². The number of rotatable bonds is 4. The SMILES string of the molecule is CCCn1ncc(C(=O)N2CCC(O)(c3ccccc3C)C2)c1C. The van der Waals surface area contributed by atoms with Crippen LogP contribution in [0.1, 0.15) is 46.9 Å². The second-order valence-corrected chi connectivity index (χ2v) is 6.69. The molecule has 1 fully saturated rings.